The van der Waals surface area contributed by atoms with Crippen LogP contribution in [0.15, 0.2) is 0 Å². The zero-order chi connectivity index (χ0) is 12.2. The van der Waals surface area contributed by atoms with E-state index in [-0.39, 0.29) is 0 Å². The molecule has 1 aliphatic carbocycles. The number of rotatable bonds is 2. The van der Waals surface area contributed by atoms with Crippen LogP contribution < -0.4 is 5.73 Å². The number of hydrogen-bond acceptors (Lipinski definition) is 3. The van der Waals surface area contributed by atoms with Crippen LogP contribution in [0.5, 0.6) is 0 Å². The zero-order valence-corrected chi connectivity index (χ0v) is 9.53. The molecule has 0 aromatic carbocycles. The normalized spacial score (nSPS) is 19.2. The molecule has 5 nitrogen and oxygen atoms in total. The van der Waals surface area contributed by atoms with E-state index in [4.69, 9.17) is 11.0 Å². The Hall–Kier alpha value is -1.57. The van der Waals surface area contributed by atoms with Crippen molar-refractivity contribution in [3.8, 4) is 6.19 Å². The van der Waals surface area contributed by atoms with E-state index >= 15 is 0 Å². The lowest BCUT2D eigenvalue weighted by Gasteiger charge is -2.29. The summed E-state index contributed by atoms with van der Waals surface area (Å²) >= 11 is 0. The number of nitrogens with zero attached hydrogens (tertiary/aromatic N) is 2. The van der Waals surface area contributed by atoms with Gasteiger partial charge >= 0.3 is 0 Å². The van der Waals surface area contributed by atoms with E-state index in [0.717, 1.165) is 30.6 Å². The molecule has 88 valence electrons. The Morgan fingerprint density at radius 2 is 1.75 bits per heavy atom. The molecule has 5 heteroatoms. The van der Waals surface area contributed by atoms with Crippen molar-refractivity contribution in [1.29, 1.82) is 5.26 Å². The highest BCUT2D eigenvalue weighted by Gasteiger charge is 2.45. The van der Waals surface area contributed by atoms with Gasteiger partial charge in [-0.05, 0) is 12.8 Å². The SMILES string of the molecule is CN(C#N)C(=O)C1(C(N)=O)CCCCCC1. The highest BCUT2D eigenvalue weighted by Crippen LogP contribution is 2.36. The predicted molar refractivity (Wildman–Crippen MR) is 57.7 cm³/mol. The van der Waals surface area contributed by atoms with Crippen molar-refractivity contribution >= 4 is 11.8 Å². The average Bonchev–Trinajstić information content (AvgIpc) is 2.53. The molecule has 0 radical (unpaired) electrons. The molecule has 0 aromatic rings. The minimum absolute atomic E-state index is 0.454. The summed E-state index contributed by atoms with van der Waals surface area (Å²) in [6.07, 6.45) is 6.32. The smallest absolute Gasteiger partial charge is 0.250 e. The van der Waals surface area contributed by atoms with Gasteiger partial charge in [-0.15, -0.1) is 0 Å². The molecule has 0 saturated heterocycles. The number of carbonyl (C=O) groups excluding carboxylic acids is 2. The molecular weight excluding hydrogens is 206 g/mol. The topological polar surface area (TPSA) is 87.2 Å². The molecule has 0 bridgehead atoms. The van der Waals surface area contributed by atoms with Gasteiger partial charge in [0, 0.05) is 7.05 Å². The van der Waals surface area contributed by atoms with Crippen LogP contribution in [-0.4, -0.2) is 23.8 Å². The summed E-state index contributed by atoms with van der Waals surface area (Å²) < 4.78 is 0. The largest absolute Gasteiger partial charge is 0.369 e. The van der Waals surface area contributed by atoms with Gasteiger partial charge in [0.25, 0.3) is 5.91 Å². The Bertz CT molecular complexity index is 325. The van der Waals surface area contributed by atoms with E-state index in [9.17, 15) is 9.59 Å². The lowest BCUT2D eigenvalue weighted by atomic mass is 9.78. The highest BCUT2D eigenvalue weighted by atomic mass is 16.2. The average molecular weight is 223 g/mol. The molecule has 2 amide bonds. The maximum absolute atomic E-state index is 12.0. The van der Waals surface area contributed by atoms with Crippen LogP contribution in [0, 0.1) is 16.9 Å². The third-order valence-corrected chi connectivity index (χ3v) is 3.29. The molecule has 16 heavy (non-hydrogen) atoms. The van der Waals surface area contributed by atoms with E-state index in [0.29, 0.717) is 12.8 Å². The second kappa shape index (κ2) is 4.97. The maximum Gasteiger partial charge on any atom is 0.250 e. The second-order valence-corrected chi connectivity index (χ2v) is 4.32. The van der Waals surface area contributed by atoms with E-state index in [2.05, 4.69) is 0 Å². The molecule has 0 atom stereocenters. The van der Waals surface area contributed by atoms with E-state index in [1.165, 1.54) is 7.05 Å². The van der Waals surface area contributed by atoms with Gasteiger partial charge in [-0.2, -0.15) is 5.26 Å². The Labute approximate surface area is 95.2 Å². The van der Waals surface area contributed by atoms with Crippen molar-refractivity contribution in [3.63, 3.8) is 0 Å². The highest BCUT2D eigenvalue weighted by molar-refractivity contribution is 6.04. The van der Waals surface area contributed by atoms with Crippen LogP contribution in [0.25, 0.3) is 0 Å². The Morgan fingerprint density at radius 1 is 1.25 bits per heavy atom. The van der Waals surface area contributed by atoms with Crippen LogP contribution in [0.4, 0.5) is 0 Å². The van der Waals surface area contributed by atoms with Gasteiger partial charge in [-0.25, -0.2) is 0 Å². The second-order valence-electron chi connectivity index (χ2n) is 4.32. The van der Waals surface area contributed by atoms with Crippen LogP contribution in [-0.2, 0) is 9.59 Å². The third-order valence-electron chi connectivity index (χ3n) is 3.29. The van der Waals surface area contributed by atoms with Gasteiger partial charge in [-0.3, -0.25) is 14.5 Å². The van der Waals surface area contributed by atoms with Gasteiger partial charge in [0.15, 0.2) is 6.19 Å². The van der Waals surface area contributed by atoms with Crippen molar-refractivity contribution < 1.29 is 9.59 Å². The fourth-order valence-corrected chi connectivity index (χ4v) is 2.26. The number of hydrogen-bond donors (Lipinski definition) is 1. The molecule has 2 N–H and O–H groups in total. The molecule has 0 unspecified atom stereocenters. The van der Waals surface area contributed by atoms with Gasteiger partial charge in [-0.1, -0.05) is 25.7 Å². The molecule has 1 aliphatic rings. The molecule has 0 aromatic heterocycles. The monoisotopic (exact) mass is 223 g/mol. The molecule has 1 saturated carbocycles. The molecule has 0 spiro atoms. The van der Waals surface area contributed by atoms with Crippen molar-refractivity contribution in [2.75, 3.05) is 7.05 Å². The van der Waals surface area contributed by atoms with E-state index in [1.54, 1.807) is 6.19 Å². The Balaban J connectivity index is 3.00. The molecule has 1 fully saturated rings. The van der Waals surface area contributed by atoms with Crippen molar-refractivity contribution in [3.05, 3.63) is 0 Å². The van der Waals surface area contributed by atoms with Gasteiger partial charge in [0.2, 0.25) is 5.91 Å². The molecule has 0 heterocycles. The fraction of sp³-hybridized carbons (Fsp3) is 0.727. The summed E-state index contributed by atoms with van der Waals surface area (Å²) in [7, 11) is 1.37. The number of nitrogens with two attached hydrogens (primary N) is 1. The minimum Gasteiger partial charge on any atom is -0.369 e. The van der Waals surface area contributed by atoms with Crippen LogP contribution >= 0.6 is 0 Å². The van der Waals surface area contributed by atoms with Gasteiger partial charge in [0.1, 0.15) is 5.41 Å². The number of amides is 2. The molecular formula is C11H17N3O2. The Morgan fingerprint density at radius 3 is 2.12 bits per heavy atom. The summed E-state index contributed by atoms with van der Waals surface area (Å²) in [5.74, 6) is -1.05. The van der Waals surface area contributed by atoms with Crippen LogP contribution in [0.2, 0.25) is 0 Å². The molecule has 1 rings (SSSR count). The first kappa shape index (κ1) is 12.5. The van der Waals surface area contributed by atoms with Crippen LogP contribution in [0.1, 0.15) is 38.5 Å². The van der Waals surface area contributed by atoms with Gasteiger partial charge in [0.05, 0.1) is 0 Å². The first-order chi connectivity index (χ1) is 7.54. The minimum atomic E-state index is -1.15. The third kappa shape index (κ3) is 2.16. The van der Waals surface area contributed by atoms with Crippen molar-refractivity contribution in [2.45, 2.75) is 38.5 Å². The summed E-state index contributed by atoms with van der Waals surface area (Å²) in [6, 6.07) is 0. The van der Waals surface area contributed by atoms with Crippen molar-refractivity contribution in [2.24, 2.45) is 11.1 Å². The number of primary amides is 1. The summed E-state index contributed by atoms with van der Waals surface area (Å²) in [4.78, 5) is 24.5. The predicted octanol–water partition coefficient (Wildman–Crippen LogP) is 0.752. The first-order valence-electron chi connectivity index (χ1n) is 5.52. The summed E-state index contributed by atoms with van der Waals surface area (Å²) in [5.41, 5.74) is 4.22. The number of nitriles is 1. The number of carbonyl (C=O) groups is 2. The standard InChI is InChI=1S/C11H17N3O2/c1-14(8-12)10(16)11(9(13)15)6-4-2-3-5-7-11/h2-7H2,1H3,(H2,13,15). The van der Waals surface area contributed by atoms with Crippen molar-refractivity contribution in [1.82, 2.24) is 4.90 Å². The van der Waals surface area contributed by atoms with E-state index < -0.39 is 17.2 Å². The quantitative estimate of drug-likeness (QED) is 0.324. The lowest BCUT2D eigenvalue weighted by molar-refractivity contribution is -0.147. The van der Waals surface area contributed by atoms with E-state index in [1.807, 2.05) is 0 Å². The summed E-state index contributed by atoms with van der Waals surface area (Å²) in [5, 5.41) is 8.71. The first-order valence-corrected chi connectivity index (χ1v) is 5.52. The molecule has 0 aliphatic heterocycles. The maximum atomic E-state index is 12.0. The zero-order valence-electron chi connectivity index (χ0n) is 9.53. The van der Waals surface area contributed by atoms with Crippen LogP contribution in [0.3, 0.4) is 0 Å². The Kier molecular flexibility index (Phi) is 3.88. The fourth-order valence-electron chi connectivity index (χ4n) is 2.26. The van der Waals surface area contributed by atoms with Gasteiger partial charge < -0.3 is 5.73 Å². The lowest BCUT2D eigenvalue weighted by Crippen LogP contribution is -2.48. The summed E-state index contributed by atoms with van der Waals surface area (Å²) in [6.45, 7) is 0.